The number of aliphatic hydroxyl groups excluding tert-OH is 1. The van der Waals surface area contributed by atoms with Crippen molar-refractivity contribution in [2.45, 2.75) is 26.3 Å². The minimum atomic E-state index is 0.290. The van der Waals surface area contributed by atoms with E-state index in [0.29, 0.717) is 12.5 Å². The summed E-state index contributed by atoms with van der Waals surface area (Å²) >= 11 is 3.42. The fourth-order valence-corrected chi connectivity index (χ4v) is 1.92. The molecular weight excluding hydrogens is 266 g/mol. The van der Waals surface area contributed by atoms with Gasteiger partial charge >= 0.3 is 0 Å². The van der Waals surface area contributed by atoms with Gasteiger partial charge < -0.3 is 10.4 Å². The molecule has 90 valence electrons. The lowest BCUT2D eigenvalue weighted by atomic mass is 10.0. The molecule has 0 fully saturated rings. The monoisotopic (exact) mass is 285 g/mol. The first kappa shape index (κ1) is 13.7. The third-order valence-corrected chi connectivity index (χ3v) is 3.32. The molecule has 0 amide bonds. The molecule has 3 heteroatoms. The van der Waals surface area contributed by atoms with Gasteiger partial charge in [-0.25, -0.2) is 0 Å². The van der Waals surface area contributed by atoms with Crippen LogP contribution < -0.4 is 5.32 Å². The number of hydrogen-bond acceptors (Lipinski definition) is 2. The van der Waals surface area contributed by atoms with Crippen LogP contribution in [0.25, 0.3) is 0 Å². The Morgan fingerprint density at radius 3 is 2.56 bits per heavy atom. The Labute approximate surface area is 106 Å². The zero-order valence-electron chi connectivity index (χ0n) is 9.75. The molecule has 0 bridgehead atoms. The number of benzene rings is 1. The maximum Gasteiger partial charge on any atom is 0.0434 e. The predicted octanol–water partition coefficient (Wildman–Crippen LogP) is 2.95. The van der Waals surface area contributed by atoms with Gasteiger partial charge in [0.05, 0.1) is 0 Å². The molecule has 2 N–H and O–H groups in total. The van der Waals surface area contributed by atoms with Crippen molar-refractivity contribution < 1.29 is 5.11 Å². The second kappa shape index (κ2) is 7.82. The largest absolute Gasteiger partial charge is 0.396 e. The van der Waals surface area contributed by atoms with Crippen molar-refractivity contribution >= 4 is 15.9 Å². The fraction of sp³-hybridized carbons (Fsp3) is 0.538. The Bertz CT molecular complexity index is 286. The molecule has 0 heterocycles. The lowest BCUT2D eigenvalue weighted by Crippen LogP contribution is -2.22. The molecule has 0 aliphatic carbocycles. The van der Waals surface area contributed by atoms with Crippen LogP contribution in [0.4, 0.5) is 0 Å². The molecule has 2 nitrogen and oxygen atoms in total. The number of rotatable bonds is 7. The molecule has 0 spiro atoms. The first-order chi connectivity index (χ1) is 7.76. The summed E-state index contributed by atoms with van der Waals surface area (Å²) in [7, 11) is 0. The van der Waals surface area contributed by atoms with Gasteiger partial charge in [-0.2, -0.15) is 0 Å². The number of hydrogen-bond donors (Lipinski definition) is 2. The van der Waals surface area contributed by atoms with E-state index in [1.807, 2.05) is 0 Å². The van der Waals surface area contributed by atoms with E-state index in [-0.39, 0.29) is 0 Å². The van der Waals surface area contributed by atoms with E-state index in [9.17, 15) is 0 Å². The first-order valence-corrected chi connectivity index (χ1v) is 6.61. The Balaban J connectivity index is 2.26. The van der Waals surface area contributed by atoms with E-state index < -0.39 is 0 Å². The van der Waals surface area contributed by atoms with Crippen molar-refractivity contribution in [1.82, 2.24) is 5.32 Å². The highest BCUT2D eigenvalue weighted by molar-refractivity contribution is 9.10. The minimum absolute atomic E-state index is 0.290. The van der Waals surface area contributed by atoms with Gasteiger partial charge in [0.2, 0.25) is 0 Å². The van der Waals surface area contributed by atoms with Gasteiger partial charge in [0.15, 0.2) is 0 Å². The van der Waals surface area contributed by atoms with Crippen LogP contribution in [0.15, 0.2) is 28.7 Å². The van der Waals surface area contributed by atoms with Gasteiger partial charge in [-0.3, -0.25) is 0 Å². The summed E-state index contributed by atoms with van der Waals surface area (Å²) in [6.45, 7) is 4.34. The SMILES string of the molecule is CCC(CCO)CNCc1ccc(Br)cc1. The molecule has 1 aromatic rings. The summed E-state index contributed by atoms with van der Waals surface area (Å²) in [5.74, 6) is 0.584. The van der Waals surface area contributed by atoms with E-state index in [0.717, 1.165) is 30.4 Å². The van der Waals surface area contributed by atoms with E-state index in [4.69, 9.17) is 5.11 Å². The third-order valence-electron chi connectivity index (χ3n) is 2.79. The maximum absolute atomic E-state index is 8.88. The number of halogens is 1. The van der Waals surface area contributed by atoms with Crippen LogP contribution in [0.5, 0.6) is 0 Å². The molecule has 1 aromatic carbocycles. The standard InChI is InChI=1S/C13H20BrNO/c1-2-11(7-8-16)9-15-10-12-3-5-13(14)6-4-12/h3-6,11,15-16H,2,7-10H2,1H3. The van der Waals surface area contributed by atoms with E-state index >= 15 is 0 Å². The number of nitrogens with one attached hydrogen (secondary N) is 1. The Kier molecular flexibility index (Phi) is 6.69. The zero-order valence-corrected chi connectivity index (χ0v) is 11.3. The van der Waals surface area contributed by atoms with Crippen molar-refractivity contribution in [1.29, 1.82) is 0 Å². The molecule has 0 saturated carbocycles. The van der Waals surface area contributed by atoms with Crippen LogP contribution in [-0.4, -0.2) is 18.3 Å². The summed E-state index contributed by atoms with van der Waals surface area (Å²) in [5.41, 5.74) is 1.29. The van der Waals surface area contributed by atoms with Crippen molar-refractivity contribution in [2.75, 3.05) is 13.2 Å². The molecule has 1 rings (SSSR count). The fourth-order valence-electron chi connectivity index (χ4n) is 1.66. The van der Waals surface area contributed by atoms with Crippen LogP contribution in [0.3, 0.4) is 0 Å². The second-order valence-corrected chi connectivity index (χ2v) is 4.96. The van der Waals surface area contributed by atoms with Crippen molar-refractivity contribution in [2.24, 2.45) is 5.92 Å². The molecule has 0 aliphatic rings. The Morgan fingerprint density at radius 1 is 1.31 bits per heavy atom. The summed E-state index contributed by atoms with van der Waals surface area (Å²) in [6.07, 6.45) is 2.01. The van der Waals surface area contributed by atoms with Crippen molar-refractivity contribution in [3.8, 4) is 0 Å². The highest BCUT2D eigenvalue weighted by Gasteiger charge is 2.04. The van der Waals surface area contributed by atoms with Crippen LogP contribution >= 0.6 is 15.9 Å². The molecule has 16 heavy (non-hydrogen) atoms. The molecule has 1 unspecified atom stereocenters. The van der Waals surface area contributed by atoms with Gasteiger partial charge in [0.25, 0.3) is 0 Å². The summed E-state index contributed by atoms with van der Waals surface area (Å²) < 4.78 is 1.11. The van der Waals surface area contributed by atoms with Gasteiger partial charge in [0.1, 0.15) is 0 Å². The average Bonchev–Trinajstić information content (AvgIpc) is 2.30. The second-order valence-electron chi connectivity index (χ2n) is 4.04. The van der Waals surface area contributed by atoms with E-state index in [1.165, 1.54) is 5.56 Å². The van der Waals surface area contributed by atoms with Crippen LogP contribution in [-0.2, 0) is 6.54 Å². The maximum atomic E-state index is 8.88. The average molecular weight is 286 g/mol. The predicted molar refractivity (Wildman–Crippen MR) is 71.3 cm³/mol. The lowest BCUT2D eigenvalue weighted by molar-refractivity contribution is 0.251. The van der Waals surface area contributed by atoms with E-state index in [1.54, 1.807) is 0 Å². The van der Waals surface area contributed by atoms with Gasteiger partial charge in [-0.1, -0.05) is 41.4 Å². The van der Waals surface area contributed by atoms with Crippen LogP contribution in [0.2, 0.25) is 0 Å². The Morgan fingerprint density at radius 2 is 2.00 bits per heavy atom. The molecule has 0 saturated heterocycles. The van der Waals surface area contributed by atoms with Crippen molar-refractivity contribution in [3.63, 3.8) is 0 Å². The number of aliphatic hydroxyl groups is 1. The van der Waals surface area contributed by atoms with Crippen molar-refractivity contribution in [3.05, 3.63) is 34.3 Å². The normalized spacial score (nSPS) is 12.7. The van der Waals surface area contributed by atoms with Gasteiger partial charge in [0, 0.05) is 17.6 Å². The smallest absolute Gasteiger partial charge is 0.0434 e. The summed E-state index contributed by atoms with van der Waals surface area (Å²) in [5, 5.41) is 12.3. The van der Waals surface area contributed by atoms with Crippen LogP contribution in [0.1, 0.15) is 25.3 Å². The van der Waals surface area contributed by atoms with Gasteiger partial charge in [-0.15, -0.1) is 0 Å². The highest BCUT2D eigenvalue weighted by Crippen LogP contribution is 2.11. The summed E-state index contributed by atoms with van der Waals surface area (Å²) in [6, 6.07) is 8.35. The molecule has 0 aliphatic heterocycles. The highest BCUT2D eigenvalue weighted by atomic mass is 79.9. The first-order valence-electron chi connectivity index (χ1n) is 5.82. The summed E-state index contributed by atoms with van der Waals surface area (Å²) in [4.78, 5) is 0. The zero-order chi connectivity index (χ0) is 11.8. The topological polar surface area (TPSA) is 32.3 Å². The molecule has 0 aromatic heterocycles. The molecular formula is C13H20BrNO. The molecule has 0 radical (unpaired) electrons. The quantitative estimate of drug-likeness (QED) is 0.807. The van der Waals surface area contributed by atoms with Gasteiger partial charge in [-0.05, 0) is 36.6 Å². The lowest BCUT2D eigenvalue weighted by Gasteiger charge is -2.14. The third kappa shape index (κ3) is 5.10. The van der Waals surface area contributed by atoms with Crippen LogP contribution in [0, 0.1) is 5.92 Å². The van der Waals surface area contributed by atoms with E-state index in [2.05, 4.69) is 52.4 Å². The Hall–Kier alpha value is -0.380. The molecule has 1 atom stereocenters. The minimum Gasteiger partial charge on any atom is -0.396 e.